The highest BCUT2D eigenvalue weighted by atomic mass is 16.5. The lowest BCUT2D eigenvalue weighted by atomic mass is 9.78. The number of hydrogen-bond acceptors (Lipinski definition) is 2. The molecule has 1 aliphatic heterocycles. The highest BCUT2D eigenvalue weighted by molar-refractivity contribution is 4.91. The van der Waals surface area contributed by atoms with Crippen LogP contribution < -0.4 is 5.32 Å². The zero-order chi connectivity index (χ0) is 10.8. The third kappa shape index (κ3) is 2.96. The van der Waals surface area contributed by atoms with Crippen LogP contribution in [0.1, 0.15) is 47.5 Å². The number of rotatable bonds is 3. The Morgan fingerprint density at radius 2 is 2.07 bits per heavy atom. The SMILES string of the molecule is CCC(C)(C)CC1NCCOC1(C)C. The summed E-state index contributed by atoms with van der Waals surface area (Å²) in [7, 11) is 0. The van der Waals surface area contributed by atoms with Crippen LogP contribution in [0.5, 0.6) is 0 Å². The molecule has 1 aliphatic rings. The predicted molar refractivity (Wildman–Crippen MR) is 60.5 cm³/mol. The van der Waals surface area contributed by atoms with E-state index in [1.54, 1.807) is 0 Å². The van der Waals surface area contributed by atoms with Gasteiger partial charge in [0.25, 0.3) is 0 Å². The van der Waals surface area contributed by atoms with Crippen molar-refractivity contribution in [2.45, 2.75) is 59.1 Å². The second-order valence-electron chi connectivity index (χ2n) is 5.68. The molecule has 1 N–H and O–H groups in total. The standard InChI is InChI=1S/C12H25NO/c1-6-11(2,3)9-10-12(4,5)14-8-7-13-10/h10,13H,6-9H2,1-5H3. The molecule has 1 fully saturated rings. The van der Waals surface area contributed by atoms with Crippen LogP contribution >= 0.6 is 0 Å². The Hall–Kier alpha value is -0.0800. The van der Waals surface area contributed by atoms with Gasteiger partial charge in [-0.3, -0.25) is 0 Å². The molecule has 0 bridgehead atoms. The minimum atomic E-state index is -0.00924. The third-order valence-electron chi connectivity index (χ3n) is 3.52. The quantitative estimate of drug-likeness (QED) is 0.754. The molecule has 2 heteroatoms. The van der Waals surface area contributed by atoms with Crippen molar-refractivity contribution in [1.82, 2.24) is 5.32 Å². The summed E-state index contributed by atoms with van der Waals surface area (Å²) in [6, 6.07) is 0.492. The van der Waals surface area contributed by atoms with Crippen LogP contribution in [0.4, 0.5) is 0 Å². The van der Waals surface area contributed by atoms with Gasteiger partial charge in [0.2, 0.25) is 0 Å². The Labute approximate surface area is 88.4 Å². The number of ether oxygens (including phenoxy) is 1. The molecule has 0 saturated carbocycles. The summed E-state index contributed by atoms with van der Waals surface area (Å²) in [5.74, 6) is 0. The molecule has 1 atom stereocenters. The zero-order valence-corrected chi connectivity index (χ0v) is 10.3. The van der Waals surface area contributed by atoms with Gasteiger partial charge in [0.05, 0.1) is 12.2 Å². The molecule has 1 saturated heterocycles. The van der Waals surface area contributed by atoms with Gasteiger partial charge in [-0.15, -0.1) is 0 Å². The fourth-order valence-electron chi connectivity index (χ4n) is 1.91. The van der Waals surface area contributed by atoms with Crippen molar-refractivity contribution in [2.75, 3.05) is 13.2 Å². The van der Waals surface area contributed by atoms with E-state index in [2.05, 4.69) is 39.9 Å². The average Bonchev–Trinajstić information content (AvgIpc) is 2.09. The van der Waals surface area contributed by atoms with Gasteiger partial charge >= 0.3 is 0 Å². The molecule has 0 aliphatic carbocycles. The van der Waals surface area contributed by atoms with E-state index in [-0.39, 0.29) is 5.60 Å². The topological polar surface area (TPSA) is 21.3 Å². The first-order valence-electron chi connectivity index (χ1n) is 5.75. The smallest absolute Gasteiger partial charge is 0.0779 e. The Morgan fingerprint density at radius 1 is 1.43 bits per heavy atom. The minimum Gasteiger partial charge on any atom is -0.373 e. The molecule has 0 amide bonds. The average molecular weight is 199 g/mol. The largest absolute Gasteiger partial charge is 0.373 e. The number of hydrogen-bond donors (Lipinski definition) is 1. The summed E-state index contributed by atoms with van der Waals surface area (Å²) in [6.07, 6.45) is 2.41. The Bertz CT molecular complexity index is 187. The molecule has 14 heavy (non-hydrogen) atoms. The summed E-state index contributed by atoms with van der Waals surface area (Å²) in [6.45, 7) is 13.1. The second kappa shape index (κ2) is 4.19. The Morgan fingerprint density at radius 3 is 2.57 bits per heavy atom. The van der Waals surface area contributed by atoms with E-state index in [1.165, 1.54) is 12.8 Å². The normalized spacial score (nSPS) is 27.6. The molecule has 2 nitrogen and oxygen atoms in total. The van der Waals surface area contributed by atoms with E-state index in [9.17, 15) is 0 Å². The van der Waals surface area contributed by atoms with Crippen LogP contribution in [-0.4, -0.2) is 24.8 Å². The van der Waals surface area contributed by atoms with Gasteiger partial charge in [-0.25, -0.2) is 0 Å². The highest BCUT2D eigenvalue weighted by Gasteiger charge is 2.36. The number of morpholine rings is 1. The number of nitrogens with one attached hydrogen (secondary N) is 1. The van der Waals surface area contributed by atoms with E-state index >= 15 is 0 Å². The van der Waals surface area contributed by atoms with Gasteiger partial charge in [0.15, 0.2) is 0 Å². The zero-order valence-electron chi connectivity index (χ0n) is 10.3. The summed E-state index contributed by atoms with van der Waals surface area (Å²) < 4.78 is 5.81. The monoisotopic (exact) mass is 199 g/mol. The molecule has 0 spiro atoms. The molecule has 0 aromatic rings. The van der Waals surface area contributed by atoms with Crippen molar-refractivity contribution >= 4 is 0 Å². The molecule has 1 unspecified atom stereocenters. The van der Waals surface area contributed by atoms with Gasteiger partial charge in [0.1, 0.15) is 0 Å². The lowest BCUT2D eigenvalue weighted by Gasteiger charge is -2.42. The van der Waals surface area contributed by atoms with Crippen molar-refractivity contribution in [1.29, 1.82) is 0 Å². The maximum absolute atomic E-state index is 5.81. The van der Waals surface area contributed by atoms with E-state index < -0.39 is 0 Å². The molecule has 0 aromatic carbocycles. The maximum atomic E-state index is 5.81. The summed E-state index contributed by atoms with van der Waals surface area (Å²) in [5, 5.41) is 3.57. The van der Waals surface area contributed by atoms with Gasteiger partial charge in [-0.05, 0) is 25.7 Å². The molecular formula is C12H25NO. The van der Waals surface area contributed by atoms with Crippen molar-refractivity contribution in [3.8, 4) is 0 Å². The Balaban J connectivity index is 2.58. The van der Waals surface area contributed by atoms with Crippen LogP contribution in [-0.2, 0) is 4.74 Å². The van der Waals surface area contributed by atoms with E-state index in [0.717, 1.165) is 13.2 Å². The van der Waals surface area contributed by atoms with Crippen LogP contribution in [0.3, 0.4) is 0 Å². The van der Waals surface area contributed by atoms with Crippen molar-refractivity contribution in [3.05, 3.63) is 0 Å². The minimum absolute atomic E-state index is 0.00924. The van der Waals surface area contributed by atoms with Crippen LogP contribution in [0.2, 0.25) is 0 Å². The predicted octanol–water partition coefficient (Wildman–Crippen LogP) is 2.58. The van der Waals surface area contributed by atoms with Crippen molar-refractivity contribution < 1.29 is 4.74 Å². The van der Waals surface area contributed by atoms with Crippen molar-refractivity contribution in [3.63, 3.8) is 0 Å². The molecule has 0 aromatic heterocycles. The maximum Gasteiger partial charge on any atom is 0.0779 e. The lowest BCUT2D eigenvalue weighted by Crippen LogP contribution is -2.55. The summed E-state index contributed by atoms with van der Waals surface area (Å²) >= 11 is 0. The molecular weight excluding hydrogens is 174 g/mol. The fraction of sp³-hybridized carbons (Fsp3) is 1.00. The molecule has 84 valence electrons. The summed E-state index contributed by atoms with van der Waals surface area (Å²) in [4.78, 5) is 0. The van der Waals surface area contributed by atoms with Crippen LogP contribution in [0, 0.1) is 5.41 Å². The van der Waals surface area contributed by atoms with Crippen LogP contribution in [0.25, 0.3) is 0 Å². The first-order chi connectivity index (χ1) is 6.37. The first kappa shape index (κ1) is 12.0. The third-order valence-corrected chi connectivity index (χ3v) is 3.52. The van der Waals surface area contributed by atoms with E-state index in [0.29, 0.717) is 11.5 Å². The van der Waals surface area contributed by atoms with Gasteiger partial charge in [-0.2, -0.15) is 0 Å². The van der Waals surface area contributed by atoms with E-state index in [1.807, 2.05) is 0 Å². The molecule has 1 rings (SSSR count). The summed E-state index contributed by atoms with van der Waals surface area (Å²) in [5.41, 5.74) is 0.403. The van der Waals surface area contributed by atoms with Crippen molar-refractivity contribution in [2.24, 2.45) is 5.41 Å². The van der Waals surface area contributed by atoms with Crippen LogP contribution in [0.15, 0.2) is 0 Å². The second-order valence-corrected chi connectivity index (χ2v) is 5.68. The van der Waals surface area contributed by atoms with E-state index in [4.69, 9.17) is 4.74 Å². The van der Waals surface area contributed by atoms with Gasteiger partial charge in [0, 0.05) is 12.6 Å². The molecule has 1 heterocycles. The Kier molecular flexibility index (Phi) is 3.59. The fourth-order valence-corrected chi connectivity index (χ4v) is 1.91. The first-order valence-corrected chi connectivity index (χ1v) is 5.75. The molecule has 0 radical (unpaired) electrons. The van der Waals surface area contributed by atoms with Gasteiger partial charge in [-0.1, -0.05) is 27.2 Å². The highest BCUT2D eigenvalue weighted by Crippen LogP contribution is 2.32. The lowest BCUT2D eigenvalue weighted by molar-refractivity contribution is -0.0803. The van der Waals surface area contributed by atoms with Gasteiger partial charge < -0.3 is 10.1 Å².